The molecule has 1 aromatic carbocycles. The minimum absolute atomic E-state index is 0.0445. The second-order valence-corrected chi connectivity index (χ2v) is 9.51. The zero-order chi connectivity index (χ0) is 19.6. The number of halogens is 2. The van der Waals surface area contributed by atoms with Crippen molar-refractivity contribution in [2.45, 2.75) is 17.7 Å². The van der Waals surface area contributed by atoms with E-state index in [1.54, 1.807) is 0 Å². The van der Waals surface area contributed by atoms with Crippen LogP contribution in [0.5, 0.6) is 0 Å². The van der Waals surface area contributed by atoms with E-state index >= 15 is 0 Å². The number of benzene rings is 1. The van der Waals surface area contributed by atoms with Crippen LogP contribution in [0, 0.1) is 0 Å². The first-order chi connectivity index (χ1) is 12.8. The van der Waals surface area contributed by atoms with Crippen LogP contribution in [-0.2, 0) is 14.8 Å². The number of esters is 1. The Morgan fingerprint density at radius 1 is 1.15 bits per heavy atom. The lowest BCUT2D eigenvalue weighted by molar-refractivity contribution is 0.0476. The van der Waals surface area contributed by atoms with Gasteiger partial charge >= 0.3 is 5.97 Å². The molecule has 6 nitrogen and oxygen atoms in total. The summed E-state index contributed by atoms with van der Waals surface area (Å²) in [6.45, 7) is 0.307. The predicted molar refractivity (Wildman–Crippen MR) is 103 cm³/mol. The summed E-state index contributed by atoms with van der Waals surface area (Å²) >= 11 is 12.7. The Kier molecular flexibility index (Phi) is 6.22. The Bertz CT molecular complexity index is 981. The van der Waals surface area contributed by atoms with E-state index in [4.69, 9.17) is 27.9 Å². The maximum absolute atomic E-state index is 12.7. The molecule has 0 saturated carbocycles. The van der Waals surface area contributed by atoms with Gasteiger partial charge in [0.05, 0.1) is 5.02 Å². The Hall–Kier alpha value is -1.45. The lowest BCUT2D eigenvalue weighted by Crippen LogP contribution is -2.29. The van der Waals surface area contributed by atoms with E-state index in [-0.39, 0.29) is 20.4 Å². The summed E-state index contributed by atoms with van der Waals surface area (Å²) in [4.78, 5) is 24.4. The van der Waals surface area contributed by atoms with Crippen molar-refractivity contribution in [2.75, 3.05) is 19.7 Å². The average molecular weight is 448 g/mol. The highest BCUT2D eigenvalue weighted by Crippen LogP contribution is 2.28. The summed E-state index contributed by atoms with van der Waals surface area (Å²) < 4.78 is 31.8. The highest BCUT2D eigenvalue weighted by atomic mass is 35.5. The molecule has 1 aromatic heterocycles. The summed E-state index contributed by atoms with van der Waals surface area (Å²) in [5.74, 6) is -1.37. The lowest BCUT2D eigenvalue weighted by atomic mass is 10.1. The topological polar surface area (TPSA) is 80.8 Å². The van der Waals surface area contributed by atoms with Gasteiger partial charge in [0, 0.05) is 23.7 Å². The third-order valence-corrected chi connectivity index (χ3v) is 7.58. The van der Waals surface area contributed by atoms with Crippen molar-refractivity contribution in [3.63, 3.8) is 0 Å². The molecule has 0 atom stereocenters. The van der Waals surface area contributed by atoms with Gasteiger partial charge in [0.25, 0.3) is 0 Å². The number of hydrogen-bond donors (Lipinski definition) is 0. The highest BCUT2D eigenvalue weighted by Gasteiger charge is 2.32. The van der Waals surface area contributed by atoms with E-state index in [2.05, 4.69) is 0 Å². The molecular formula is C17H15Cl2NO5S2. The van der Waals surface area contributed by atoms with Crippen LogP contribution >= 0.6 is 34.5 Å². The first-order valence-electron chi connectivity index (χ1n) is 8.03. The molecule has 1 saturated heterocycles. The Morgan fingerprint density at radius 2 is 1.85 bits per heavy atom. The molecule has 144 valence electrons. The summed E-state index contributed by atoms with van der Waals surface area (Å²) in [5.41, 5.74) is 0.171. The van der Waals surface area contributed by atoms with E-state index < -0.39 is 28.4 Å². The molecule has 3 rings (SSSR count). The fraction of sp³-hybridized carbons (Fsp3) is 0.294. The van der Waals surface area contributed by atoms with Gasteiger partial charge in [-0.3, -0.25) is 4.79 Å². The third-order valence-electron chi connectivity index (χ3n) is 4.06. The lowest BCUT2D eigenvalue weighted by Gasteiger charge is -2.15. The second-order valence-electron chi connectivity index (χ2n) is 5.85. The maximum atomic E-state index is 12.7. The number of carbonyl (C=O) groups is 2. The van der Waals surface area contributed by atoms with Crippen molar-refractivity contribution in [1.29, 1.82) is 0 Å². The fourth-order valence-corrected chi connectivity index (χ4v) is 6.02. The van der Waals surface area contributed by atoms with Crippen molar-refractivity contribution >= 4 is 56.3 Å². The van der Waals surface area contributed by atoms with E-state index in [1.807, 2.05) is 0 Å². The van der Waals surface area contributed by atoms with Crippen LogP contribution < -0.4 is 0 Å². The summed E-state index contributed by atoms with van der Waals surface area (Å²) in [6.07, 6.45) is 1.58. The first-order valence-corrected chi connectivity index (χ1v) is 11.1. The molecule has 0 unspecified atom stereocenters. The number of sulfonamides is 1. The molecule has 1 aliphatic rings. The molecule has 2 heterocycles. The average Bonchev–Trinajstić information content (AvgIpc) is 3.31. The van der Waals surface area contributed by atoms with Gasteiger partial charge in [-0.15, -0.1) is 11.3 Å². The third kappa shape index (κ3) is 4.35. The largest absolute Gasteiger partial charge is 0.453 e. The second kappa shape index (κ2) is 8.28. The number of thiophene rings is 1. The maximum Gasteiger partial charge on any atom is 0.350 e. The minimum Gasteiger partial charge on any atom is -0.453 e. The Labute approximate surface area is 170 Å². The number of Topliss-reactive ketones (excluding diaryl/α,β-unsaturated/α-hetero) is 1. The molecule has 0 aliphatic carbocycles. The van der Waals surface area contributed by atoms with Gasteiger partial charge < -0.3 is 4.74 Å². The number of nitrogens with zero attached hydrogens (tertiary/aromatic N) is 1. The molecule has 10 heteroatoms. The summed E-state index contributed by atoms with van der Waals surface area (Å²) in [6, 6.07) is 5.74. The minimum atomic E-state index is -3.75. The van der Waals surface area contributed by atoms with Crippen LogP contribution in [0.15, 0.2) is 34.5 Å². The van der Waals surface area contributed by atoms with Crippen LogP contribution in [0.25, 0.3) is 0 Å². The molecule has 0 amide bonds. The first kappa shape index (κ1) is 20.3. The van der Waals surface area contributed by atoms with Gasteiger partial charge in [-0.2, -0.15) is 4.31 Å². The molecule has 1 aliphatic heterocycles. The van der Waals surface area contributed by atoms with Crippen molar-refractivity contribution in [2.24, 2.45) is 0 Å². The van der Waals surface area contributed by atoms with E-state index in [0.717, 1.165) is 24.2 Å². The van der Waals surface area contributed by atoms with Crippen molar-refractivity contribution in [3.8, 4) is 0 Å². The van der Waals surface area contributed by atoms with Crippen LogP contribution in [0.1, 0.15) is 32.9 Å². The van der Waals surface area contributed by atoms with Crippen LogP contribution in [0.4, 0.5) is 0 Å². The van der Waals surface area contributed by atoms with Gasteiger partial charge in [-0.1, -0.05) is 23.2 Å². The standard InChI is InChI=1S/C17H15Cl2NO5S2/c18-11-3-4-12(13(19)9-11)14(21)10-25-17(22)16-15(5-8-26-16)27(23,24)20-6-1-2-7-20/h3-5,8-9H,1-2,6-7,10H2. The molecular weight excluding hydrogens is 433 g/mol. The van der Waals surface area contributed by atoms with E-state index in [1.165, 1.54) is 34.0 Å². The highest BCUT2D eigenvalue weighted by molar-refractivity contribution is 7.89. The van der Waals surface area contributed by atoms with Crippen molar-refractivity contribution in [1.82, 2.24) is 4.31 Å². The van der Waals surface area contributed by atoms with Crippen LogP contribution in [0.2, 0.25) is 10.0 Å². The van der Waals surface area contributed by atoms with Gasteiger partial charge in [-0.05, 0) is 42.5 Å². The van der Waals surface area contributed by atoms with Crippen molar-refractivity contribution in [3.05, 3.63) is 50.1 Å². The van der Waals surface area contributed by atoms with Gasteiger partial charge in [0.2, 0.25) is 15.8 Å². The molecule has 0 radical (unpaired) electrons. The van der Waals surface area contributed by atoms with Crippen molar-refractivity contribution < 1.29 is 22.7 Å². The smallest absolute Gasteiger partial charge is 0.350 e. The number of hydrogen-bond acceptors (Lipinski definition) is 6. The predicted octanol–water partition coefficient (Wildman–Crippen LogP) is 3.88. The van der Waals surface area contributed by atoms with Crippen LogP contribution in [0.3, 0.4) is 0 Å². The van der Waals surface area contributed by atoms with Gasteiger partial charge in [0.15, 0.2) is 6.61 Å². The quantitative estimate of drug-likeness (QED) is 0.495. The molecule has 2 aromatic rings. The SMILES string of the molecule is O=C(COC(=O)c1sccc1S(=O)(=O)N1CCCC1)c1ccc(Cl)cc1Cl. The summed E-state index contributed by atoms with van der Waals surface area (Å²) in [7, 11) is -3.75. The normalized spacial score (nSPS) is 15.0. The van der Waals surface area contributed by atoms with Gasteiger partial charge in [-0.25, -0.2) is 13.2 Å². The Balaban J connectivity index is 1.72. The zero-order valence-corrected chi connectivity index (χ0v) is 17.1. The molecule has 1 fully saturated rings. The number of ketones is 1. The number of carbonyl (C=O) groups excluding carboxylic acids is 2. The Morgan fingerprint density at radius 3 is 2.52 bits per heavy atom. The monoisotopic (exact) mass is 447 g/mol. The summed E-state index contributed by atoms with van der Waals surface area (Å²) in [5, 5.41) is 2.04. The van der Waals surface area contributed by atoms with Gasteiger partial charge in [0.1, 0.15) is 9.77 Å². The fourth-order valence-electron chi connectivity index (χ4n) is 2.71. The number of ether oxygens (including phenoxy) is 1. The molecule has 27 heavy (non-hydrogen) atoms. The number of rotatable bonds is 6. The van der Waals surface area contributed by atoms with Crippen LogP contribution in [-0.4, -0.2) is 44.2 Å². The molecule has 0 bridgehead atoms. The van der Waals surface area contributed by atoms with E-state index in [9.17, 15) is 18.0 Å². The zero-order valence-electron chi connectivity index (χ0n) is 14.0. The molecule has 0 N–H and O–H groups in total. The van der Waals surface area contributed by atoms with E-state index in [0.29, 0.717) is 18.1 Å². The molecule has 0 spiro atoms.